The summed E-state index contributed by atoms with van der Waals surface area (Å²) < 4.78 is 6.60. The molecule has 8 heteroatoms. The number of pyridine rings is 1. The molecule has 1 saturated heterocycles. The second-order valence-corrected chi connectivity index (χ2v) is 8.23. The van der Waals surface area contributed by atoms with Gasteiger partial charge in [-0.25, -0.2) is 15.0 Å². The highest BCUT2D eigenvalue weighted by Crippen LogP contribution is 2.32. The van der Waals surface area contributed by atoms with Crippen LogP contribution >= 0.6 is 11.3 Å². The van der Waals surface area contributed by atoms with Crippen molar-refractivity contribution in [2.24, 2.45) is 0 Å². The summed E-state index contributed by atoms with van der Waals surface area (Å²) in [5.74, 6) is 1.41. The van der Waals surface area contributed by atoms with E-state index in [9.17, 15) is 0 Å². The van der Waals surface area contributed by atoms with Crippen molar-refractivity contribution in [2.45, 2.75) is 13.8 Å². The molecule has 0 radical (unpaired) electrons. The number of anilines is 3. The first-order chi connectivity index (χ1) is 14.7. The van der Waals surface area contributed by atoms with Crippen molar-refractivity contribution in [3.05, 3.63) is 53.9 Å². The van der Waals surface area contributed by atoms with Crippen LogP contribution in [0.5, 0.6) is 0 Å². The van der Waals surface area contributed by atoms with E-state index >= 15 is 0 Å². The number of benzene rings is 1. The zero-order valence-corrected chi connectivity index (χ0v) is 17.7. The summed E-state index contributed by atoms with van der Waals surface area (Å²) in [5, 5.41) is 4.52. The number of aromatic nitrogens is 4. The van der Waals surface area contributed by atoms with Gasteiger partial charge in [0.2, 0.25) is 0 Å². The summed E-state index contributed by atoms with van der Waals surface area (Å²) in [5.41, 5.74) is 4.70. The van der Waals surface area contributed by atoms with E-state index in [0.717, 1.165) is 70.1 Å². The van der Waals surface area contributed by atoms with Crippen LogP contribution in [0.25, 0.3) is 21.7 Å². The maximum atomic E-state index is 5.45. The first-order valence-corrected chi connectivity index (χ1v) is 10.8. The van der Waals surface area contributed by atoms with Gasteiger partial charge in [-0.15, -0.1) is 0 Å². The predicted octanol–water partition coefficient (Wildman–Crippen LogP) is 4.35. The molecule has 0 bridgehead atoms. The first-order valence-electron chi connectivity index (χ1n) is 9.94. The third kappa shape index (κ3) is 3.71. The molecule has 0 saturated carbocycles. The Labute approximate surface area is 178 Å². The molecule has 0 spiro atoms. The van der Waals surface area contributed by atoms with Crippen LogP contribution in [0.1, 0.15) is 11.3 Å². The van der Waals surface area contributed by atoms with Gasteiger partial charge < -0.3 is 15.0 Å². The van der Waals surface area contributed by atoms with Crippen LogP contribution in [0.15, 0.2) is 42.6 Å². The molecular formula is C22H22N6OS. The van der Waals surface area contributed by atoms with Gasteiger partial charge in [-0.05, 0) is 44.2 Å². The average molecular weight is 419 g/mol. The summed E-state index contributed by atoms with van der Waals surface area (Å²) >= 11 is 1.71. The van der Waals surface area contributed by atoms with Crippen LogP contribution < -0.4 is 10.2 Å². The van der Waals surface area contributed by atoms with Crippen molar-refractivity contribution < 1.29 is 4.74 Å². The maximum absolute atomic E-state index is 5.45. The normalized spacial score (nSPS) is 14.3. The van der Waals surface area contributed by atoms with Crippen molar-refractivity contribution in [1.82, 2.24) is 19.9 Å². The molecule has 0 amide bonds. The number of rotatable bonds is 4. The Bertz CT molecular complexity index is 1190. The number of ether oxygens (including phenoxy) is 1. The summed E-state index contributed by atoms with van der Waals surface area (Å²) in [4.78, 5) is 20.8. The van der Waals surface area contributed by atoms with Gasteiger partial charge in [-0.3, -0.25) is 4.98 Å². The average Bonchev–Trinajstić information content (AvgIpc) is 3.21. The van der Waals surface area contributed by atoms with Crippen LogP contribution in [-0.2, 0) is 4.74 Å². The fraction of sp³-hybridized carbons (Fsp3) is 0.273. The fourth-order valence-corrected chi connectivity index (χ4v) is 4.43. The van der Waals surface area contributed by atoms with E-state index in [0.29, 0.717) is 5.82 Å². The van der Waals surface area contributed by atoms with E-state index < -0.39 is 0 Å². The van der Waals surface area contributed by atoms with Gasteiger partial charge in [0.25, 0.3) is 0 Å². The number of nitrogens with one attached hydrogen (secondary N) is 1. The number of fused-ring (bicyclic) bond motifs is 1. The number of hydrogen-bond acceptors (Lipinski definition) is 8. The van der Waals surface area contributed by atoms with Gasteiger partial charge in [-0.2, -0.15) is 0 Å². The zero-order valence-electron chi connectivity index (χ0n) is 16.9. The van der Waals surface area contributed by atoms with Gasteiger partial charge in [0.15, 0.2) is 11.0 Å². The van der Waals surface area contributed by atoms with Gasteiger partial charge in [0.1, 0.15) is 11.5 Å². The lowest BCUT2D eigenvalue weighted by atomic mass is 10.2. The monoisotopic (exact) mass is 418 g/mol. The number of thiazole rings is 1. The van der Waals surface area contributed by atoms with Crippen LogP contribution in [-0.4, -0.2) is 46.2 Å². The van der Waals surface area contributed by atoms with E-state index in [4.69, 9.17) is 14.7 Å². The van der Waals surface area contributed by atoms with E-state index in [2.05, 4.69) is 32.3 Å². The van der Waals surface area contributed by atoms with Gasteiger partial charge in [0, 0.05) is 36.2 Å². The topological polar surface area (TPSA) is 76.1 Å². The van der Waals surface area contributed by atoms with Crippen LogP contribution in [0.2, 0.25) is 0 Å². The molecule has 152 valence electrons. The van der Waals surface area contributed by atoms with Crippen LogP contribution in [0.4, 0.5) is 16.6 Å². The molecule has 0 unspecified atom stereocenters. The Hall–Kier alpha value is -3.10. The third-order valence-electron chi connectivity index (χ3n) is 5.20. The number of nitrogens with zero attached hydrogens (tertiary/aromatic N) is 5. The number of aryl methyl sites for hydroxylation is 1. The summed E-state index contributed by atoms with van der Waals surface area (Å²) in [7, 11) is 0. The molecular weight excluding hydrogens is 396 g/mol. The van der Waals surface area contributed by atoms with Crippen LogP contribution in [0, 0.1) is 13.8 Å². The molecule has 0 aliphatic carbocycles. The second kappa shape index (κ2) is 7.97. The standard InChI is InChI=1S/C22H22N6OS/c1-14-15(2)24-21(18-5-3-4-8-23-18)27-20(14)25-16-6-7-17-19(13-16)30-22(26-17)28-9-11-29-12-10-28/h3-8,13H,9-12H2,1-2H3,(H,24,25,27). The van der Waals surface area contributed by atoms with Gasteiger partial charge in [0.05, 0.1) is 23.4 Å². The molecule has 1 aliphatic rings. The highest BCUT2D eigenvalue weighted by molar-refractivity contribution is 7.22. The molecule has 1 aromatic carbocycles. The molecule has 3 aromatic heterocycles. The molecule has 30 heavy (non-hydrogen) atoms. The second-order valence-electron chi connectivity index (χ2n) is 7.22. The minimum absolute atomic E-state index is 0.620. The Kier molecular flexibility index (Phi) is 5.02. The Balaban J connectivity index is 1.45. The zero-order chi connectivity index (χ0) is 20.5. The van der Waals surface area contributed by atoms with Crippen LogP contribution in [0.3, 0.4) is 0 Å². The minimum Gasteiger partial charge on any atom is -0.378 e. The largest absolute Gasteiger partial charge is 0.378 e. The molecule has 1 fully saturated rings. The van der Waals surface area contributed by atoms with Crippen molar-refractivity contribution in [1.29, 1.82) is 0 Å². The lowest BCUT2D eigenvalue weighted by Crippen LogP contribution is -2.36. The Morgan fingerprint density at radius 3 is 2.70 bits per heavy atom. The molecule has 7 nitrogen and oxygen atoms in total. The van der Waals surface area contributed by atoms with E-state index in [1.807, 2.05) is 38.1 Å². The molecule has 1 aliphatic heterocycles. The Morgan fingerprint density at radius 1 is 1.03 bits per heavy atom. The highest BCUT2D eigenvalue weighted by Gasteiger charge is 2.16. The van der Waals surface area contributed by atoms with Gasteiger partial charge >= 0.3 is 0 Å². The lowest BCUT2D eigenvalue weighted by Gasteiger charge is -2.25. The lowest BCUT2D eigenvalue weighted by molar-refractivity contribution is 0.122. The first kappa shape index (κ1) is 18.9. The Morgan fingerprint density at radius 2 is 1.90 bits per heavy atom. The molecule has 4 aromatic rings. The maximum Gasteiger partial charge on any atom is 0.186 e. The summed E-state index contributed by atoms with van der Waals surface area (Å²) in [6, 6.07) is 12.0. The van der Waals surface area contributed by atoms with Crippen molar-refractivity contribution in [3.63, 3.8) is 0 Å². The molecule has 1 N–H and O–H groups in total. The van der Waals surface area contributed by atoms with Crippen molar-refractivity contribution in [2.75, 3.05) is 36.5 Å². The minimum atomic E-state index is 0.620. The summed E-state index contributed by atoms with van der Waals surface area (Å²) in [6.07, 6.45) is 1.75. The van der Waals surface area contributed by atoms with E-state index in [-0.39, 0.29) is 0 Å². The third-order valence-corrected chi connectivity index (χ3v) is 6.28. The summed E-state index contributed by atoms with van der Waals surface area (Å²) in [6.45, 7) is 7.32. The molecule has 0 atom stereocenters. The van der Waals surface area contributed by atoms with E-state index in [1.54, 1.807) is 17.5 Å². The molecule has 5 rings (SSSR count). The van der Waals surface area contributed by atoms with Crippen molar-refractivity contribution in [3.8, 4) is 11.5 Å². The number of hydrogen-bond donors (Lipinski definition) is 1. The highest BCUT2D eigenvalue weighted by atomic mass is 32.1. The van der Waals surface area contributed by atoms with Gasteiger partial charge in [-0.1, -0.05) is 17.4 Å². The van der Waals surface area contributed by atoms with E-state index in [1.165, 1.54) is 0 Å². The molecule has 4 heterocycles. The SMILES string of the molecule is Cc1nc(-c2ccccn2)nc(Nc2ccc3nc(N4CCOCC4)sc3c2)c1C. The predicted molar refractivity (Wildman–Crippen MR) is 121 cm³/mol. The fourth-order valence-electron chi connectivity index (χ4n) is 3.38. The van der Waals surface area contributed by atoms with Crippen molar-refractivity contribution >= 4 is 38.2 Å². The smallest absolute Gasteiger partial charge is 0.186 e. The quantitative estimate of drug-likeness (QED) is 0.528. The number of morpholine rings is 1.